The van der Waals surface area contributed by atoms with Gasteiger partial charge in [0, 0.05) is 10.6 Å². The van der Waals surface area contributed by atoms with Gasteiger partial charge in [-0.1, -0.05) is 121 Å². The first-order valence-corrected chi connectivity index (χ1v) is 15.1. The van der Waals surface area contributed by atoms with E-state index in [-0.39, 0.29) is 0 Å². The molecule has 6 aromatic carbocycles. The molecule has 1 heterocycles. The first-order chi connectivity index (χ1) is 19.1. The molecule has 7 rings (SSSR count). The monoisotopic (exact) mass is 517 g/mol. The Morgan fingerprint density at radius 1 is 0.538 bits per heavy atom. The average Bonchev–Trinajstić information content (AvgIpc) is 3.23. The van der Waals surface area contributed by atoms with Crippen molar-refractivity contribution >= 4 is 34.2 Å². The van der Waals surface area contributed by atoms with Crippen molar-refractivity contribution in [3.8, 4) is 44.5 Å². The Kier molecular flexibility index (Phi) is 5.38. The maximum Gasteiger partial charge on any atom is 0.187 e. The Balaban J connectivity index is 1.37. The molecule has 184 valence electrons. The second kappa shape index (κ2) is 8.95. The lowest BCUT2D eigenvalue weighted by atomic mass is 9.90. The van der Waals surface area contributed by atoms with Crippen LogP contribution in [-0.2, 0) is 4.57 Å². The highest BCUT2D eigenvalue weighted by Crippen LogP contribution is 2.53. The van der Waals surface area contributed by atoms with Crippen molar-refractivity contribution < 1.29 is 4.57 Å². The molecule has 39 heavy (non-hydrogen) atoms. The van der Waals surface area contributed by atoms with E-state index in [0.29, 0.717) is 5.69 Å². The maximum absolute atomic E-state index is 14.3. The third-order valence-corrected chi connectivity index (χ3v) is 10.5. The minimum absolute atomic E-state index is 0.644. The van der Waals surface area contributed by atoms with E-state index in [9.17, 15) is 4.57 Å². The molecular weight excluding hydrogens is 493 g/mol. The van der Waals surface area contributed by atoms with Gasteiger partial charge in [-0.25, -0.2) is 4.85 Å². The Morgan fingerprint density at radius 3 is 1.90 bits per heavy atom. The molecule has 0 saturated heterocycles. The minimum Gasteiger partial charge on any atom is -0.314 e. The van der Waals surface area contributed by atoms with Crippen molar-refractivity contribution in [2.24, 2.45) is 0 Å². The van der Waals surface area contributed by atoms with Crippen molar-refractivity contribution in [3.63, 3.8) is 0 Å². The number of hydrogen-bond donors (Lipinski definition) is 0. The zero-order valence-electron chi connectivity index (χ0n) is 21.4. The first-order valence-electron chi connectivity index (χ1n) is 13.0. The molecule has 0 fully saturated rings. The van der Waals surface area contributed by atoms with E-state index in [1.807, 2.05) is 49.1 Å². The lowest BCUT2D eigenvalue weighted by Gasteiger charge is -2.17. The van der Waals surface area contributed by atoms with Crippen molar-refractivity contribution in [2.75, 3.05) is 6.66 Å². The summed E-state index contributed by atoms with van der Waals surface area (Å²) in [7, 11) is -2.73. The van der Waals surface area contributed by atoms with Gasteiger partial charge in [0.15, 0.2) is 5.69 Å². The molecule has 1 unspecified atom stereocenters. The number of benzene rings is 6. The molecule has 6 aromatic rings. The van der Waals surface area contributed by atoms with Gasteiger partial charge in [-0.3, -0.25) is 0 Å². The van der Waals surface area contributed by atoms with E-state index >= 15 is 0 Å². The number of hydrogen-bond acceptors (Lipinski definition) is 1. The van der Waals surface area contributed by atoms with Crippen LogP contribution in [0.4, 0.5) is 5.69 Å². The second-order valence-electron chi connectivity index (χ2n) is 10.1. The normalized spacial score (nSPS) is 15.5. The van der Waals surface area contributed by atoms with Gasteiger partial charge in [0.2, 0.25) is 0 Å². The van der Waals surface area contributed by atoms with Crippen LogP contribution < -0.4 is 10.6 Å². The molecule has 0 saturated carbocycles. The first kappa shape index (κ1) is 23.4. The van der Waals surface area contributed by atoms with Gasteiger partial charge < -0.3 is 4.57 Å². The van der Waals surface area contributed by atoms with Crippen molar-refractivity contribution in [1.82, 2.24) is 0 Å². The smallest absolute Gasteiger partial charge is 0.187 e. The molecular formula is C36H24NOP. The summed E-state index contributed by atoms with van der Waals surface area (Å²) in [6.45, 7) is 9.22. The average molecular weight is 518 g/mol. The third kappa shape index (κ3) is 3.67. The summed E-state index contributed by atoms with van der Waals surface area (Å²) < 4.78 is 14.3. The molecule has 1 aliphatic rings. The van der Waals surface area contributed by atoms with E-state index < -0.39 is 7.14 Å². The topological polar surface area (TPSA) is 21.4 Å². The minimum atomic E-state index is -2.73. The summed E-state index contributed by atoms with van der Waals surface area (Å²) in [5, 5.41) is 4.23. The van der Waals surface area contributed by atoms with Crippen LogP contribution in [0, 0.1) is 6.57 Å². The number of rotatable bonds is 3. The molecule has 1 atom stereocenters. The van der Waals surface area contributed by atoms with E-state index in [1.165, 1.54) is 0 Å². The molecule has 0 radical (unpaired) electrons. The highest BCUT2D eigenvalue weighted by Gasteiger charge is 2.36. The summed E-state index contributed by atoms with van der Waals surface area (Å²) in [4.78, 5) is 3.56. The molecule has 3 heteroatoms. The van der Waals surface area contributed by atoms with Crippen LogP contribution in [-0.4, -0.2) is 6.66 Å². The predicted molar refractivity (Wildman–Crippen MR) is 165 cm³/mol. The molecule has 1 aliphatic heterocycles. The van der Waals surface area contributed by atoms with Gasteiger partial charge >= 0.3 is 0 Å². The summed E-state index contributed by atoms with van der Waals surface area (Å²) >= 11 is 0. The Bertz CT molecular complexity index is 2010. The summed E-state index contributed by atoms with van der Waals surface area (Å²) in [6.07, 6.45) is 0. The van der Waals surface area contributed by atoms with E-state index in [2.05, 4.69) is 89.8 Å². The fourth-order valence-corrected chi connectivity index (χ4v) is 8.59. The Morgan fingerprint density at radius 2 is 1.13 bits per heavy atom. The predicted octanol–water partition coefficient (Wildman–Crippen LogP) is 9.32. The molecule has 0 spiro atoms. The molecule has 0 bridgehead atoms. The van der Waals surface area contributed by atoms with Crippen molar-refractivity contribution in [2.45, 2.75) is 0 Å². The summed E-state index contributed by atoms with van der Waals surface area (Å²) in [5.41, 5.74) is 9.39. The Hall–Kier alpha value is -4.70. The maximum atomic E-state index is 14.3. The third-order valence-electron chi connectivity index (χ3n) is 7.84. The second-order valence-corrected chi connectivity index (χ2v) is 12.9. The summed E-state index contributed by atoms with van der Waals surface area (Å²) in [5.74, 6) is 0. The standard InChI is InChI=1S/C36H24NOP/c1-37-27-10-7-9-26(23-27)24-17-19-25(20-18-24)28-21-22-31(30-12-4-3-11-29(28)30)33-14-8-15-34-32-13-5-6-16-35(32)39(2,38)36(33)34/h3-23H,2H3. The van der Waals surface area contributed by atoms with Gasteiger partial charge in [-0.2, -0.15) is 0 Å². The lowest BCUT2D eigenvalue weighted by molar-refractivity contribution is 0.591. The van der Waals surface area contributed by atoms with Crippen LogP contribution in [0.25, 0.3) is 60.1 Å². The zero-order chi connectivity index (χ0) is 26.6. The van der Waals surface area contributed by atoms with Crippen molar-refractivity contribution in [1.29, 1.82) is 0 Å². The highest BCUT2D eigenvalue weighted by molar-refractivity contribution is 7.79. The van der Waals surface area contributed by atoms with Crippen LogP contribution in [0.5, 0.6) is 0 Å². The molecule has 0 aliphatic carbocycles. The Labute approximate surface area is 228 Å². The van der Waals surface area contributed by atoms with E-state index in [1.54, 1.807) is 0 Å². The highest BCUT2D eigenvalue weighted by atomic mass is 31.2. The number of nitrogens with zero attached hydrogens (tertiary/aromatic N) is 1. The van der Waals surface area contributed by atoms with Crippen LogP contribution >= 0.6 is 7.14 Å². The van der Waals surface area contributed by atoms with Crippen molar-refractivity contribution in [3.05, 3.63) is 139 Å². The molecule has 0 amide bonds. The van der Waals surface area contributed by atoms with Crippen LogP contribution in [0.2, 0.25) is 0 Å². The van der Waals surface area contributed by atoms with Gasteiger partial charge in [-0.15, -0.1) is 0 Å². The van der Waals surface area contributed by atoms with Crippen LogP contribution in [0.15, 0.2) is 127 Å². The lowest BCUT2D eigenvalue weighted by Crippen LogP contribution is -2.11. The van der Waals surface area contributed by atoms with Crippen LogP contribution in [0.3, 0.4) is 0 Å². The van der Waals surface area contributed by atoms with Crippen LogP contribution in [0.1, 0.15) is 0 Å². The largest absolute Gasteiger partial charge is 0.314 e. The van der Waals surface area contributed by atoms with E-state index in [4.69, 9.17) is 6.57 Å². The number of fused-ring (bicyclic) bond motifs is 4. The molecule has 0 aromatic heterocycles. The SMILES string of the molecule is [C-]#[N+]c1cccc(-c2ccc(-c3ccc(-c4cccc5c4P(C)(=O)c4ccccc4-5)c4ccccc34)cc2)c1. The van der Waals surface area contributed by atoms with Gasteiger partial charge in [0.05, 0.1) is 6.57 Å². The van der Waals surface area contributed by atoms with Gasteiger partial charge in [0.25, 0.3) is 0 Å². The fourth-order valence-electron chi connectivity index (χ4n) is 6.01. The molecule has 2 nitrogen and oxygen atoms in total. The summed E-state index contributed by atoms with van der Waals surface area (Å²) in [6, 6.07) is 43.6. The van der Waals surface area contributed by atoms with Gasteiger partial charge in [-0.05, 0) is 68.0 Å². The van der Waals surface area contributed by atoms with Gasteiger partial charge in [0.1, 0.15) is 7.14 Å². The quantitative estimate of drug-likeness (QED) is 0.169. The molecule has 0 N–H and O–H groups in total. The van der Waals surface area contributed by atoms with E-state index in [0.717, 1.165) is 65.9 Å². The zero-order valence-corrected chi connectivity index (χ0v) is 22.3. The fraction of sp³-hybridized carbons (Fsp3) is 0.0278.